The minimum absolute atomic E-state index is 0.225. The van der Waals surface area contributed by atoms with Crippen molar-refractivity contribution >= 4 is 34.0 Å². The maximum absolute atomic E-state index is 6.08. The first kappa shape index (κ1) is 14.1. The monoisotopic (exact) mass is 327 g/mol. The van der Waals surface area contributed by atoms with Gasteiger partial charge in [-0.25, -0.2) is 4.98 Å². The summed E-state index contributed by atoms with van der Waals surface area (Å²) in [4.78, 5) is 10.6. The van der Waals surface area contributed by atoms with E-state index in [9.17, 15) is 0 Å². The highest BCUT2D eigenvalue weighted by Gasteiger charge is 2.16. The van der Waals surface area contributed by atoms with Crippen LogP contribution in [-0.2, 0) is 0 Å². The summed E-state index contributed by atoms with van der Waals surface area (Å²) < 4.78 is 11.2. The lowest BCUT2D eigenvalue weighted by molar-refractivity contribution is 0.171. The highest BCUT2D eigenvalue weighted by atomic mass is 35.5. The van der Waals surface area contributed by atoms with Crippen molar-refractivity contribution < 1.29 is 9.47 Å². The van der Waals surface area contributed by atoms with Crippen LogP contribution in [0.5, 0.6) is 11.5 Å². The molecule has 4 rings (SSSR count). The molecule has 0 aliphatic carbocycles. The summed E-state index contributed by atoms with van der Waals surface area (Å²) in [6.07, 6.45) is 0. The Morgan fingerprint density at radius 3 is 2.65 bits per heavy atom. The van der Waals surface area contributed by atoms with Crippen molar-refractivity contribution in [2.24, 2.45) is 0 Å². The standard InChI is InChI=1S/C17H14ClN3O2/c1-21(11-6-7-14-15(10-11)23-9-8-22-14)16-12-4-2-3-5-13(12)19-17(18)20-16/h2-7,10H,8-9H2,1H3. The molecule has 2 heterocycles. The molecular formula is C17H14ClN3O2. The molecule has 1 aliphatic rings. The molecule has 116 valence electrons. The predicted octanol–water partition coefficient (Wildman–Crippen LogP) is 3.82. The van der Waals surface area contributed by atoms with Gasteiger partial charge in [0.2, 0.25) is 5.28 Å². The van der Waals surface area contributed by atoms with E-state index in [2.05, 4.69) is 9.97 Å². The molecular weight excluding hydrogens is 314 g/mol. The fourth-order valence-electron chi connectivity index (χ4n) is 2.65. The van der Waals surface area contributed by atoms with Gasteiger partial charge >= 0.3 is 0 Å². The van der Waals surface area contributed by atoms with Crippen molar-refractivity contribution in [2.75, 3.05) is 25.2 Å². The topological polar surface area (TPSA) is 47.5 Å². The van der Waals surface area contributed by atoms with Crippen LogP contribution in [0.2, 0.25) is 5.28 Å². The van der Waals surface area contributed by atoms with Gasteiger partial charge in [-0.05, 0) is 35.9 Å². The lowest BCUT2D eigenvalue weighted by Crippen LogP contribution is -2.17. The van der Waals surface area contributed by atoms with Gasteiger partial charge in [0, 0.05) is 24.2 Å². The normalized spacial score (nSPS) is 13.1. The van der Waals surface area contributed by atoms with Crippen LogP contribution in [0.25, 0.3) is 10.9 Å². The van der Waals surface area contributed by atoms with E-state index in [1.165, 1.54) is 0 Å². The first-order valence-electron chi connectivity index (χ1n) is 7.28. The van der Waals surface area contributed by atoms with Gasteiger partial charge in [0.15, 0.2) is 11.5 Å². The molecule has 0 bridgehead atoms. The van der Waals surface area contributed by atoms with Crippen LogP contribution >= 0.6 is 11.6 Å². The molecule has 6 heteroatoms. The molecule has 0 atom stereocenters. The van der Waals surface area contributed by atoms with Crippen molar-refractivity contribution in [2.45, 2.75) is 0 Å². The van der Waals surface area contributed by atoms with Gasteiger partial charge in [-0.3, -0.25) is 0 Å². The molecule has 0 amide bonds. The molecule has 5 nitrogen and oxygen atoms in total. The minimum Gasteiger partial charge on any atom is -0.486 e. The smallest absolute Gasteiger partial charge is 0.224 e. The zero-order valence-corrected chi connectivity index (χ0v) is 13.2. The van der Waals surface area contributed by atoms with E-state index in [4.69, 9.17) is 21.1 Å². The van der Waals surface area contributed by atoms with Crippen LogP contribution in [0.15, 0.2) is 42.5 Å². The van der Waals surface area contributed by atoms with Crippen LogP contribution in [0, 0.1) is 0 Å². The second kappa shape index (κ2) is 5.59. The highest BCUT2D eigenvalue weighted by Crippen LogP contribution is 2.36. The number of ether oxygens (including phenoxy) is 2. The molecule has 0 unspecified atom stereocenters. The number of hydrogen-bond acceptors (Lipinski definition) is 5. The fourth-order valence-corrected chi connectivity index (χ4v) is 2.82. The first-order valence-corrected chi connectivity index (χ1v) is 7.66. The number of halogens is 1. The first-order chi connectivity index (χ1) is 11.2. The van der Waals surface area contributed by atoms with Crippen LogP contribution in [0.4, 0.5) is 11.5 Å². The SMILES string of the molecule is CN(c1ccc2c(c1)OCCO2)c1nc(Cl)nc2ccccc12. The minimum atomic E-state index is 0.225. The number of fused-ring (bicyclic) bond motifs is 2. The Bertz CT molecular complexity index is 885. The van der Waals surface area contributed by atoms with Crippen molar-refractivity contribution in [3.05, 3.63) is 47.7 Å². The summed E-state index contributed by atoms with van der Waals surface area (Å²) in [5.74, 6) is 2.25. The van der Waals surface area contributed by atoms with Gasteiger partial charge in [-0.15, -0.1) is 0 Å². The van der Waals surface area contributed by atoms with Gasteiger partial charge in [0.25, 0.3) is 0 Å². The number of benzene rings is 2. The molecule has 0 fully saturated rings. The van der Waals surface area contributed by atoms with Gasteiger partial charge < -0.3 is 14.4 Å². The van der Waals surface area contributed by atoms with E-state index < -0.39 is 0 Å². The quantitative estimate of drug-likeness (QED) is 0.670. The lowest BCUT2D eigenvalue weighted by Gasteiger charge is -2.23. The Kier molecular flexibility index (Phi) is 3.42. The second-order valence-electron chi connectivity index (χ2n) is 5.22. The van der Waals surface area contributed by atoms with E-state index in [0.717, 1.165) is 33.9 Å². The van der Waals surface area contributed by atoms with Crippen molar-refractivity contribution in [1.29, 1.82) is 0 Å². The molecule has 0 radical (unpaired) electrons. The van der Waals surface area contributed by atoms with Gasteiger partial charge in [0.05, 0.1) is 5.52 Å². The van der Waals surface area contributed by atoms with Gasteiger partial charge in [-0.1, -0.05) is 12.1 Å². The maximum atomic E-state index is 6.08. The average molecular weight is 328 g/mol. The number of rotatable bonds is 2. The molecule has 3 aromatic rings. The van der Waals surface area contributed by atoms with Gasteiger partial charge in [0.1, 0.15) is 19.0 Å². The predicted molar refractivity (Wildman–Crippen MR) is 90.0 cm³/mol. The number of anilines is 2. The second-order valence-corrected chi connectivity index (χ2v) is 5.56. The summed E-state index contributed by atoms with van der Waals surface area (Å²) in [6.45, 7) is 1.14. The third kappa shape index (κ3) is 2.53. The number of para-hydroxylation sites is 1. The summed E-state index contributed by atoms with van der Waals surface area (Å²) in [6, 6.07) is 13.6. The Balaban J connectivity index is 1.81. The summed E-state index contributed by atoms with van der Waals surface area (Å²) in [5, 5.41) is 1.16. The largest absolute Gasteiger partial charge is 0.486 e. The van der Waals surface area contributed by atoms with Crippen LogP contribution in [0.1, 0.15) is 0 Å². The highest BCUT2D eigenvalue weighted by molar-refractivity contribution is 6.28. The summed E-state index contributed by atoms with van der Waals surface area (Å²) >= 11 is 6.08. The van der Waals surface area contributed by atoms with Crippen molar-refractivity contribution in [3.8, 4) is 11.5 Å². The molecule has 1 aliphatic heterocycles. The molecule has 0 N–H and O–H groups in total. The zero-order valence-electron chi connectivity index (χ0n) is 12.5. The zero-order chi connectivity index (χ0) is 15.8. The Hall–Kier alpha value is -2.53. The van der Waals surface area contributed by atoms with E-state index in [0.29, 0.717) is 13.2 Å². The Labute approximate surface area is 138 Å². The van der Waals surface area contributed by atoms with E-state index in [1.807, 2.05) is 54.4 Å². The van der Waals surface area contributed by atoms with Crippen molar-refractivity contribution in [1.82, 2.24) is 9.97 Å². The van der Waals surface area contributed by atoms with Crippen LogP contribution in [-0.4, -0.2) is 30.2 Å². The van der Waals surface area contributed by atoms with Gasteiger partial charge in [-0.2, -0.15) is 4.98 Å². The molecule has 23 heavy (non-hydrogen) atoms. The number of aromatic nitrogens is 2. The summed E-state index contributed by atoms with van der Waals surface area (Å²) in [5.41, 5.74) is 1.75. The van der Waals surface area contributed by atoms with Crippen LogP contribution < -0.4 is 14.4 Å². The third-order valence-electron chi connectivity index (χ3n) is 3.79. The van der Waals surface area contributed by atoms with Crippen molar-refractivity contribution in [3.63, 3.8) is 0 Å². The molecule has 0 saturated carbocycles. The maximum Gasteiger partial charge on any atom is 0.224 e. The van der Waals surface area contributed by atoms with E-state index >= 15 is 0 Å². The van der Waals surface area contributed by atoms with E-state index in [-0.39, 0.29) is 5.28 Å². The fraction of sp³-hybridized carbons (Fsp3) is 0.176. The molecule has 1 aromatic heterocycles. The van der Waals surface area contributed by atoms with E-state index in [1.54, 1.807) is 0 Å². The summed E-state index contributed by atoms with van der Waals surface area (Å²) in [7, 11) is 1.94. The van der Waals surface area contributed by atoms with Crippen LogP contribution in [0.3, 0.4) is 0 Å². The number of nitrogens with zero attached hydrogens (tertiary/aromatic N) is 3. The molecule has 0 saturated heterocycles. The molecule has 0 spiro atoms. The lowest BCUT2D eigenvalue weighted by atomic mass is 10.2. The third-order valence-corrected chi connectivity index (χ3v) is 3.96. The molecule has 2 aromatic carbocycles. The average Bonchev–Trinajstić information content (AvgIpc) is 2.60. The Morgan fingerprint density at radius 2 is 1.78 bits per heavy atom. The number of hydrogen-bond donors (Lipinski definition) is 0. The Morgan fingerprint density at radius 1 is 1.00 bits per heavy atom.